The zero-order valence-electron chi connectivity index (χ0n) is 11.3. The van der Waals surface area contributed by atoms with E-state index in [2.05, 4.69) is 15.3 Å². The molecule has 0 aliphatic carbocycles. The minimum Gasteiger partial charge on any atom is -0.461 e. The van der Waals surface area contributed by atoms with Crippen molar-refractivity contribution in [1.82, 2.24) is 20.0 Å². The molecular formula is C13H16N4O2. The minimum absolute atomic E-state index is 0.260. The normalized spacial score (nSPS) is 10.5. The Labute approximate surface area is 111 Å². The van der Waals surface area contributed by atoms with Crippen LogP contribution in [0, 0.1) is 13.8 Å². The van der Waals surface area contributed by atoms with E-state index in [0.717, 1.165) is 11.3 Å². The summed E-state index contributed by atoms with van der Waals surface area (Å²) in [5.74, 6) is -0.441. The van der Waals surface area contributed by atoms with Crippen LogP contribution in [0.3, 0.4) is 0 Å². The zero-order valence-corrected chi connectivity index (χ0v) is 11.3. The van der Waals surface area contributed by atoms with E-state index >= 15 is 0 Å². The maximum absolute atomic E-state index is 11.6. The molecule has 2 rings (SSSR count). The topological polar surface area (TPSA) is 69.9 Å². The van der Waals surface area contributed by atoms with Crippen LogP contribution in [0.25, 0.3) is 0 Å². The third kappa shape index (κ3) is 2.78. The zero-order chi connectivity index (χ0) is 13.8. The van der Waals surface area contributed by atoms with Gasteiger partial charge < -0.3 is 4.74 Å². The number of hydrogen-bond donors (Lipinski definition) is 0. The Kier molecular flexibility index (Phi) is 3.89. The summed E-state index contributed by atoms with van der Waals surface area (Å²) in [5.41, 5.74) is 2.93. The van der Waals surface area contributed by atoms with E-state index in [9.17, 15) is 4.79 Å². The van der Waals surface area contributed by atoms with Gasteiger partial charge in [0.1, 0.15) is 0 Å². The van der Waals surface area contributed by atoms with E-state index in [1.165, 1.54) is 0 Å². The number of aryl methyl sites for hydroxylation is 1. The maximum Gasteiger partial charge on any atom is 0.360 e. The van der Waals surface area contributed by atoms with Crippen LogP contribution in [0.15, 0.2) is 18.3 Å². The molecule has 100 valence electrons. The van der Waals surface area contributed by atoms with Crippen LogP contribution in [-0.4, -0.2) is 32.6 Å². The Hall–Kier alpha value is -2.24. The average molecular weight is 260 g/mol. The molecule has 0 saturated carbocycles. The molecule has 0 amide bonds. The van der Waals surface area contributed by atoms with Gasteiger partial charge in [-0.2, -0.15) is 0 Å². The van der Waals surface area contributed by atoms with Crippen molar-refractivity contribution < 1.29 is 9.53 Å². The fourth-order valence-corrected chi connectivity index (χ4v) is 1.72. The second-order valence-electron chi connectivity index (χ2n) is 4.17. The molecule has 0 radical (unpaired) electrons. The van der Waals surface area contributed by atoms with Crippen molar-refractivity contribution >= 4 is 5.97 Å². The summed E-state index contributed by atoms with van der Waals surface area (Å²) in [5, 5.41) is 7.85. The lowest BCUT2D eigenvalue weighted by atomic mass is 10.2. The van der Waals surface area contributed by atoms with E-state index in [1.54, 1.807) is 24.7 Å². The predicted molar refractivity (Wildman–Crippen MR) is 68.8 cm³/mol. The van der Waals surface area contributed by atoms with Crippen LogP contribution in [0.2, 0.25) is 0 Å². The molecule has 0 aliphatic heterocycles. The molecule has 0 aliphatic rings. The van der Waals surface area contributed by atoms with Gasteiger partial charge in [-0.3, -0.25) is 4.98 Å². The van der Waals surface area contributed by atoms with E-state index in [-0.39, 0.29) is 5.69 Å². The van der Waals surface area contributed by atoms with Gasteiger partial charge in [0.15, 0.2) is 5.69 Å². The summed E-state index contributed by atoms with van der Waals surface area (Å²) < 4.78 is 6.58. The lowest BCUT2D eigenvalue weighted by Crippen LogP contribution is -2.10. The fourth-order valence-electron chi connectivity index (χ4n) is 1.72. The Balaban J connectivity index is 2.23. The predicted octanol–water partition coefficient (Wildman–Crippen LogP) is 1.51. The molecule has 2 heterocycles. The monoisotopic (exact) mass is 260 g/mol. The lowest BCUT2D eigenvalue weighted by Gasteiger charge is -2.05. The summed E-state index contributed by atoms with van der Waals surface area (Å²) in [6.07, 6.45) is 1.74. The number of ether oxygens (including phenoxy) is 1. The number of pyridine rings is 1. The highest BCUT2D eigenvalue weighted by Gasteiger charge is 2.17. The van der Waals surface area contributed by atoms with Gasteiger partial charge in [-0.05, 0) is 32.4 Å². The number of esters is 1. The van der Waals surface area contributed by atoms with E-state index in [4.69, 9.17) is 4.74 Å². The van der Waals surface area contributed by atoms with Crippen LogP contribution in [0.5, 0.6) is 0 Å². The third-order valence-electron chi connectivity index (χ3n) is 2.87. The van der Waals surface area contributed by atoms with E-state index < -0.39 is 5.97 Å². The van der Waals surface area contributed by atoms with Crippen molar-refractivity contribution in [3.8, 4) is 0 Å². The van der Waals surface area contributed by atoms with Gasteiger partial charge in [0.25, 0.3) is 0 Å². The number of rotatable bonds is 4. The molecule has 2 aromatic rings. The minimum atomic E-state index is -0.441. The fraction of sp³-hybridized carbons (Fsp3) is 0.385. The first-order valence-corrected chi connectivity index (χ1v) is 6.11. The molecule has 0 fully saturated rings. The largest absolute Gasteiger partial charge is 0.461 e. The summed E-state index contributed by atoms with van der Waals surface area (Å²) in [7, 11) is 0. The first-order chi connectivity index (χ1) is 9.13. The maximum atomic E-state index is 11.6. The highest BCUT2D eigenvalue weighted by Crippen LogP contribution is 2.10. The second kappa shape index (κ2) is 5.60. The van der Waals surface area contributed by atoms with Gasteiger partial charge in [-0.25, -0.2) is 9.48 Å². The number of aromatic nitrogens is 4. The highest BCUT2D eigenvalue weighted by molar-refractivity contribution is 5.88. The molecule has 0 atom stereocenters. The summed E-state index contributed by atoms with van der Waals surface area (Å²) >= 11 is 0. The van der Waals surface area contributed by atoms with Gasteiger partial charge in [0.2, 0.25) is 0 Å². The Morgan fingerprint density at radius 1 is 1.42 bits per heavy atom. The molecule has 6 heteroatoms. The van der Waals surface area contributed by atoms with Gasteiger partial charge in [-0.15, -0.1) is 5.10 Å². The molecule has 2 aromatic heterocycles. The van der Waals surface area contributed by atoms with Crippen LogP contribution in [0.1, 0.15) is 34.4 Å². The van der Waals surface area contributed by atoms with Crippen molar-refractivity contribution in [3.05, 3.63) is 41.0 Å². The lowest BCUT2D eigenvalue weighted by molar-refractivity contribution is 0.0518. The molecule has 6 nitrogen and oxygen atoms in total. The molecule has 0 spiro atoms. The summed E-state index contributed by atoms with van der Waals surface area (Å²) in [4.78, 5) is 15.9. The highest BCUT2D eigenvalue weighted by atomic mass is 16.5. The SMILES string of the molecule is CCOC(=O)c1nnn(Cc2ncccc2C)c1C. The molecule has 0 unspecified atom stereocenters. The number of carbonyl (C=O) groups is 1. The van der Waals surface area contributed by atoms with Gasteiger partial charge in [0, 0.05) is 6.20 Å². The molecule has 0 aromatic carbocycles. The molecule has 0 saturated heterocycles. The summed E-state index contributed by atoms with van der Waals surface area (Å²) in [6.45, 7) is 6.36. The van der Waals surface area contributed by atoms with Crippen molar-refractivity contribution in [2.24, 2.45) is 0 Å². The van der Waals surface area contributed by atoms with Crippen LogP contribution in [-0.2, 0) is 11.3 Å². The Bertz CT molecular complexity index is 592. The van der Waals surface area contributed by atoms with E-state index in [1.807, 2.05) is 19.1 Å². The van der Waals surface area contributed by atoms with Crippen molar-refractivity contribution in [1.29, 1.82) is 0 Å². The van der Waals surface area contributed by atoms with Crippen LogP contribution in [0.4, 0.5) is 0 Å². The van der Waals surface area contributed by atoms with Crippen molar-refractivity contribution in [3.63, 3.8) is 0 Å². The van der Waals surface area contributed by atoms with Crippen molar-refractivity contribution in [2.45, 2.75) is 27.3 Å². The quantitative estimate of drug-likeness (QED) is 0.779. The summed E-state index contributed by atoms with van der Waals surface area (Å²) in [6, 6.07) is 3.87. The third-order valence-corrected chi connectivity index (χ3v) is 2.87. The molecule has 0 N–H and O–H groups in total. The number of hydrogen-bond acceptors (Lipinski definition) is 5. The number of carbonyl (C=O) groups excluding carboxylic acids is 1. The first-order valence-electron chi connectivity index (χ1n) is 6.11. The van der Waals surface area contributed by atoms with Crippen LogP contribution < -0.4 is 0 Å². The first kappa shape index (κ1) is 13.2. The van der Waals surface area contributed by atoms with Gasteiger partial charge >= 0.3 is 5.97 Å². The smallest absolute Gasteiger partial charge is 0.360 e. The molecular weight excluding hydrogens is 244 g/mol. The number of nitrogens with zero attached hydrogens (tertiary/aromatic N) is 4. The second-order valence-corrected chi connectivity index (χ2v) is 4.17. The standard InChI is InChI=1S/C13H16N4O2/c1-4-19-13(18)12-10(3)17(16-15-12)8-11-9(2)6-5-7-14-11/h5-7H,4,8H2,1-3H3. The molecule has 19 heavy (non-hydrogen) atoms. The Morgan fingerprint density at radius 2 is 2.21 bits per heavy atom. The van der Waals surface area contributed by atoms with Gasteiger partial charge in [-0.1, -0.05) is 11.3 Å². The molecule has 0 bridgehead atoms. The van der Waals surface area contributed by atoms with Gasteiger partial charge in [0.05, 0.1) is 24.5 Å². The van der Waals surface area contributed by atoms with Crippen LogP contribution >= 0.6 is 0 Å². The Morgan fingerprint density at radius 3 is 2.89 bits per heavy atom. The van der Waals surface area contributed by atoms with E-state index in [0.29, 0.717) is 18.8 Å². The average Bonchev–Trinajstić information content (AvgIpc) is 2.74. The van der Waals surface area contributed by atoms with Crippen molar-refractivity contribution in [2.75, 3.05) is 6.61 Å².